The average molecular weight is 219 g/mol. The molecule has 2 aromatic rings. The Morgan fingerprint density at radius 1 is 1.38 bits per heavy atom. The van der Waals surface area contributed by atoms with Gasteiger partial charge in [0.25, 0.3) is 0 Å². The molecule has 0 aliphatic heterocycles. The second kappa shape index (κ2) is 4.04. The van der Waals surface area contributed by atoms with E-state index in [1.165, 1.54) is 0 Å². The van der Waals surface area contributed by atoms with Crippen LogP contribution in [0.2, 0.25) is 0 Å². The number of aromatic nitrogens is 2. The number of furan rings is 1. The second-order valence-electron chi connectivity index (χ2n) is 4.11. The molecule has 1 unspecified atom stereocenters. The minimum absolute atomic E-state index is 0.128. The molecule has 0 bridgehead atoms. The molecule has 0 aromatic carbocycles. The Morgan fingerprint density at radius 2 is 2.12 bits per heavy atom. The van der Waals surface area contributed by atoms with Gasteiger partial charge in [0.1, 0.15) is 17.3 Å². The standard InChI is InChI=1S/C12H17N3O/c1-8-7-12(14-15(8)4)13-10(3)11-6-5-9(2)16-11/h5-7,10H,1-4H3,(H,13,14). The van der Waals surface area contributed by atoms with Crippen LogP contribution in [0.3, 0.4) is 0 Å². The van der Waals surface area contributed by atoms with Crippen LogP contribution in [0.5, 0.6) is 0 Å². The lowest BCUT2D eigenvalue weighted by atomic mass is 10.2. The van der Waals surface area contributed by atoms with Crippen LogP contribution in [0.4, 0.5) is 5.82 Å². The number of hydrogen-bond acceptors (Lipinski definition) is 3. The Balaban J connectivity index is 2.10. The van der Waals surface area contributed by atoms with E-state index in [1.807, 2.05) is 43.8 Å². The van der Waals surface area contributed by atoms with E-state index in [-0.39, 0.29) is 6.04 Å². The smallest absolute Gasteiger partial charge is 0.148 e. The van der Waals surface area contributed by atoms with Crippen molar-refractivity contribution >= 4 is 5.82 Å². The molecule has 1 atom stereocenters. The molecule has 2 heterocycles. The zero-order valence-electron chi connectivity index (χ0n) is 10.1. The van der Waals surface area contributed by atoms with Gasteiger partial charge in [0.15, 0.2) is 0 Å². The highest BCUT2D eigenvalue weighted by Gasteiger charge is 2.11. The Labute approximate surface area is 95.3 Å². The summed E-state index contributed by atoms with van der Waals surface area (Å²) >= 11 is 0. The van der Waals surface area contributed by atoms with Crippen LogP contribution >= 0.6 is 0 Å². The number of hydrogen-bond donors (Lipinski definition) is 1. The Morgan fingerprint density at radius 3 is 2.62 bits per heavy atom. The zero-order chi connectivity index (χ0) is 11.7. The predicted octanol–water partition coefficient (Wildman–Crippen LogP) is 2.80. The zero-order valence-corrected chi connectivity index (χ0v) is 10.1. The van der Waals surface area contributed by atoms with Crippen molar-refractivity contribution in [2.75, 3.05) is 5.32 Å². The molecule has 2 rings (SSSR count). The lowest BCUT2D eigenvalue weighted by molar-refractivity contribution is 0.466. The summed E-state index contributed by atoms with van der Waals surface area (Å²) in [7, 11) is 1.93. The molecule has 4 heteroatoms. The van der Waals surface area contributed by atoms with E-state index in [9.17, 15) is 0 Å². The fourth-order valence-electron chi connectivity index (χ4n) is 1.61. The molecule has 16 heavy (non-hydrogen) atoms. The average Bonchev–Trinajstić information content (AvgIpc) is 2.75. The van der Waals surface area contributed by atoms with Crippen molar-refractivity contribution in [1.82, 2.24) is 9.78 Å². The molecule has 86 valence electrons. The van der Waals surface area contributed by atoms with Crippen LogP contribution in [0.25, 0.3) is 0 Å². The topological polar surface area (TPSA) is 43.0 Å². The summed E-state index contributed by atoms with van der Waals surface area (Å²) in [6.07, 6.45) is 0. The normalized spacial score (nSPS) is 12.8. The third-order valence-electron chi connectivity index (χ3n) is 2.67. The number of aryl methyl sites for hydroxylation is 3. The van der Waals surface area contributed by atoms with Gasteiger partial charge < -0.3 is 9.73 Å². The number of nitrogens with one attached hydrogen (secondary N) is 1. The van der Waals surface area contributed by atoms with E-state index in [2.05, 4.69) is 17.3 Å². The van der Waals surface area contributed by atoms with Crippen molar-refractivity contribution in [2.24, 2.45) is 7.05 Å². The first-order valence-corrected chi connectivity index (χ1v) is 5.40. The third kappa shape index (κ3) is 2.10. The van der Waals surface area contributed by atoms with E-state index in [0.29, 0.717) is 0 Å². The van der Waals surface area contributed by atoms with E-state index in [1.54, 1.807) is 0 Å². The number of anilines is 1. The predicted molar refractivity (Wildman–Crippen MR) is 63.4 cm³/mol. The summed E-state index contributed by atoms with van der Waals surface area (Å²) in [4.78, 5) is 0. The molecule has 0 fully saturated rings. The third-order valence-corrected chi connectivity index (χ3v) is 2.67. The van der Waals surface area contributed by atoms with Crippen LogP contribution in [-0.2, 0) is 7.05 Å². The van der Waals surface area contributed by atoms with Gasteiger partial charge in [-0.05, 0) is 32.9 Å². The van der Waals surface area contributed by atoms with Gasteiger partial charge in [-0.25, -0.2) is 0 Å². The quantitative estimate of drug-likeness (QED) is 0.863. The highest BCUT2D eigenvalue weighted by molar-refractivity contribution is 5.37. The summed E-state index contributed by atoms with van der Waals surface area (Å²) in [5, 5.41) is 7.65. The highest BCUT2D eigenvalue weighted by atomic mass is 16.3. The maximum Gasteiger partial charge on any atom is 0.148 e. The van der Waals surface area contributed by atoms with E-state index in [0.717, 1.165) is 23.0 Å². The summed E-state index contributed by atoms with van der Waals surface area (Å²) in [6, 6.07) is 6.11. The van der Waals surface area contributed by atoms with Crippen LogP contribution in [-0.4, -0.2) is 9.78 Å². The molecule has 0 aliphatic carbocycles. The van der Waals surface area contributed by atoms with Crippen LogP contribution < -0.4 is 5.32 Å². The summed E-state index contributed by atoms with van der Waals surface area (Å²) < 4.78 is 7.41. The maximum absolute atomic E-state index is 5.56. The van der Waals surface area contributed by atoms with Gasteiger partial charge in [0.2, 0.25) is 0 Å². The Hall–Kier alpha value is -1.71. The van der Waals surface area contributed by atoms with Crippen molar-refractivity contribution in [2.45, 2.75) is 26.8 Å². The molecule has 0 radical (unpaired) electrons. The van der Waals surface area contributed by atoms with E-state index >= 15 is 0 Å². The highest BCUT2D eigenvalue weighted by Crippen LogP contribution is 2.20. The Bertz CT molecular complexity index is 465. The van der Waals surface area contributed by atoms with Crippen molar-refractivity contribution in [3.63, 3.8) is 0 Å². The van der Waals surface area contributed by atoms with E-state index in [4.69, 9.17) is 4.42 Å². The van der Waals surface area contributed by atoms with Crippen molar-refractivity contribution in [3.05, 3.63) is 35.4 Å². The van der Waals surface area contributed by atoms with Crippen molar-refractivity contribution < 1.29 is 4.42 Å². The Kier molecular flexibility index (Phi) is 2.73. The first-order chi connectivity index (χ1) is 7.56. The minimum Gasteiger partial charge on any atom is -0.464 e. The number of rotatable bonds is 3. The van der Waals surface area contributed by atoms with Crippen molar-refractivity contribution in [3.8, 4) is 0 Å². The van der Waals surface area contributed by atoms with Crippen LogP contribution in [0.1, 0.15) is 30.2 Å². The monoisotopic (exact) mass is 219 g/mol. The first kappa shape index (κ1) is 10.8. The molecule has 0 saturated carbocycles. The maximum atomic E-state index is 5.56. The fraction of sp³-hybridized carbons (Fsp3) is 0.417. The summed E-state index contributed by atoms with van der Waals surface area (Å²) in [5.41, 5.74) is 1.13. The molecule has 0 amide bonds. The molecule has 2 aromatic heterocycles. The first-order valence-electron chi connectivity index (χ1n) is 5.40. The molecular weight excluding hydrogens is 202 g/mol. The second-order valence-corrected chi connectivity index (χ2v) is 4.11. The van der Waals surface area contributed by atoms with Gasteiger partial charge in [-0.2, -0.15) is 5.10 Å². The van der Waals surface area contributed by atoms with Crippen LogP contribution in [0, 0.1) is 13.8 Å². The van der Waals surface area contributed by atoms with Crippen LogP contribution in [0.15, 0.2) is 22.6 Å². The van der Waals surface area contributed by atoms with Gasteiger partial charge >= 0.3 is 0 Å². The molecule has 0 spiro atoms. The summed E-state index contributed by atoms with van der Waals surface area (Å²) in [6.45, 7) is 6.03. The SMILES string of the molecule is Cc1ccc(C(C)Nc2cc(C)n(C)n2)o1. The van der Waals surface area contributed by atoms with Gasteiger partial charge in [-0.3, -0.25) is 4.68 Å². The summed E-state index contributed by atoms with van der Waals surface area (Å²) in [5.74, 6) is 2.74. The molecule has 0 saturated heterocycles. The number of nitrogens with zero attached hydrogens (tertiary/aromatic N) is 2. The molecule has 0 aliphatic rings. The van der Waals surface area contributed by atoms with Gasteiger partial charge in [0, 0.05) is 18.8 Å². The van der Waals surface area contributed by atoms with Crippen molar-refractivity contribution in [1.29, 1.82) is 0 Å². The molecule has 1 N–H and O–H groups in total. The molecule has 4 nitrogen and oxygen atoms in total. The lowest BCUT2D eigenvalue weighted by Crippen LogP contribution is -2.06. The van der Waals surface area contributed by atoms with Gasteiger partial charge in [-0.15, -0.1) is 0 Å². The fourth-order valence-corrected chi connectivity index (χ4v) is 1.61. The van der Waals surface area contributed by atoms with Gasteiger partial charge in [0.05, 0.1) is 6.04 Å². The van der Waals surface area contributed by atoms with E-state index < -0.39 is 0 Å². The minimum atomic E-state index is 0.128. The lowest BCUT2D eigenvalue weighted by Gasteiger charge is -2.09. The van der Waals surface area contributed by atoms with Gasteiger partial charge in [-0.1, -0.05) is 0 Å². The molecular formula is C12H17N3O. The largest absolute Gasteiger partial charge is 0.464 e.